The van der Waals surface area contributed by atoms with Gasteiger partial charge in [0, 0.05) is 36.9 Å². The smallest absolute Gasteiger partial charge is 0.306 e. The molecule has 3 heterocycles. The van der Waals surface area contributed by atoms with Crippen molar-refractivity contribution in [3.8, 4) is 0 Å². The van der Waals surface area contributed by atoms with Crippen LogP contribution in [0.15, 0.2) is 35.7 Å². The Hall–Kier alpha value is -2.67. The Morgan fingerprint density at radius 3 is 2.39 bits per heavy atom. The van der Waals surface area contributed by atoms with Gasteiger partial charge in [0.25, 0.3) is 0 Å². The minimum absolute atomic E-state index is 0.000699. The fraction of sp³-hybridized carbons (Fsp3) is 0.500. The standard InChI is InChI=1S/C26H32N2O4S/c1-3-20-16-19(26(31)32)10-13-27(20)23(29)8-9-24(30)28-14-11-22-21(12-15-33-22)25(28)18-6-4-17(2)5-7-18/h4-7,12,15,19-20,25H,3,8-11,13-14,16H2,1-2H3,(H,31,32). The molecule has 33 heavy (non-hydrogen) atoms. The van der Waals surface area contributed by atoms with Gasteiger partial charge in [0.05, 0.1) is 12.0 Å². The molecule has 0 radical (unpaired) electrons. The van der Waals surface area contributed by atoms with Gasteiger partial charge in [0.15, 0.2) is 0 Å². The maximum absolute atomic E-state index is 13.3. The van der Waals surface area contributed by atoms with Crippen LogP contribution in [-0.4, -0.2) is 51.8 Å². The molecule has 1 N–H and O–H groups in total. The molecule has 0 aliphatic carbocycles. The zero-order valence-electron chi connectivity index (χ0n) is 19.3. The van der Waals surface area contributed by atoms with E-state index in [0.29, 0.717) is 25.9 Å². The molecular formula is C26H32N2O4S. The van der Waals surface area contributed by atoms with Crippen molar-refractivity contribution in [1.82, 2.24) is 9.80 Å². The minimum atomic E-state index is -0.782. The van der Waals surface area contributed by atoms with Gasteiger partial charge in [0.2, 0.25) is 11.8 Å². The highest BCUT2D eigenvalue weighted by atomic mass is 32.1. The summed E-state index contributed by atoms with van der Waals surface area (Å²) < 4.78 is 0. The number of benzene rings is 1. The number of aliphatic carboxylic acids is 1. The normalized spacial score (nSPS) is 22.7. The summed E-state index contributed by atoms with van der Waals surface area (Å²) in [4.78, 5) is 42.8. The third kappa shape index (κ3) is 4.98. The first-order valence-corrected chi connectivity index (χ1v) is 12.7. The molecule has 2 aliphatic rings. The van der Waals surface area contributed by atoms with Crippen LogP contribution in [0.3, 0.4) is 0 Å². The number of aryl methyl sites for hydroxylation is 1. The van der Waals surface area contributed by atoms with Gasteiger partial charge in [-0.2, -0.15) is 0 Å². The lowest BCUT2D eigenvalue weighted by atomic mass is 9.89. The third-order valence-electron chi connectivity index (χ3n) is 7.09. The predicted molar refractivity (Wildman–Crippen MR) is 128 cm³/mol. The lowest BCUT2D eigenvalue weighted by molar-refractivity contribution is -0.148. The molecule has 3 atom stereocenters. The Balaban J connectivity index is 1.44. The fourth-order valence-corrected chi connectivity index (χ4v) is 6.09. The maximum atomic E-state index is 13.3. The summed E-state index contributed by atoms with van der Waals surface area (Å²) in [6.07, 6.45) is 2.89. The van der Waals surface area contributed by atoms with Crippen LogP contribution in [0.2, 0.25) is 0 Å². The molecule has 1 aromatic carbocycles. The van der Waals surface area contributed by atoms with E-state index in [2.05, 4.69) is 42.6 Å². The summed E-state index contributed by atoms with van der Waals surface area (Å²) in [5, 5.41) is 11.4. The van der Waals surface area contributed by atoms with Crippen molar-refractivity contribution in [3.05, 3.63) is 57.3 Å². The van der Waals surface area contributed by atoms with Crippen LogP contribution in [0.5, 0.6) is 0 Å². The van der Waals surface area contributed by atoms with Crippen molar-refractivity contribution in [2.24, 2.45) is 5.92 Å². The van der Waals surface area contributed by atoms with Gasteiger partial charge in [-0.25, -0.2) is 0 Å². The number of nitrogens with zero attached hydrogens (tertiary/aromatic N) is 2. The predicted octanol–water partition coefficient (Wildman–Crippen LogP) is 4.41. The molecule has 2 aromatic rings. The van der Waals surface area contributed by atoms with Crippen molar-refractivity contribution in [3.63, 3.8) is 0 Å². The second-order valence-electron chi connectivity index (χ2n) is 9.16. The highest BCUT2D eigenvalue weighted by molar-refractivity contribution is 7.10. The molecule has 1 aromatic heterocycles. The molecule has 0 spiro atoms. The topological polar surface area (TPSA) is 77.9 Å². The monoisotopic (exact) mass is 468 g/mol. The zero-order valence-corrected chi connectivity index (χ0v) is 20.1. The Labute approximate surface area is 199 Å². The lowest BCUT2D eigenvalue weighted by Crippen LogP contribution is -2.47. The Bertz CT molecular complexity index is 1020. The number of amides is 2. The summed E-state index contributed by atoms with van der Waals surface area (Å²) in [6.45, 7) is 5.15. The highest BCUT2D eigenvalue weighted by Gasteiger charge is 2.35. The lowest BCUT2D eigenvalue weighted by Gasteiger charge is -2.38. The van der Waals surface area contributed by atoms with Gasteiger partial charge < -0.3 is 14.9 Å². The zero-order chi connectivity index (χ0) is 23.5. The number of hydrogen-bond acceptors (Lipinski definition) is 4. The van der Waals surface area contributed by atoms with Gasteiger partial charge >= 0.3 is 5.97 Å². The largest absolute Gasteiger partial charge is 0.481 e. The number of thiophene rings is 1. The molecule has 2 aliphatic heterocycles. The number of likely N-dealkylation sites (tertiary alicyclic amines) is 1. The number of carboxylic acid groups (broad SMARTS) is 1. The summed E-state index contributed by atoms with van der Waals surface area (Å²) in [5.74, 6) is -1.21. The number of carboxylic acids is 1. The van der Waals surface area contributed by atoms with E-state index < -0.39 is 5.97 Å². The van der Waals surface area contributed by atoms with Crippen LogP contribution in [0.4, 0.5) is 0 Å². The van der Waals surface area contributed by atoms with Crippen LogP contribution < -0.4 is 0 Å². The molecule has 6 nitrogen and oxygen atoms in total. The number of fused-ring (bicyclic) bond motifs is 1. The first-order valence-electron chi connectivity index (χ1n) is 11.8. The quantitative estimate of drug-likeness (QED) is 0.681. The summed E-state index contributed by atoms with van der Waals surface area (Å²) >= 11 is 1.74. The number of piperidine rings is 1. The van der Waals surface area contributed by atoms with E-state index in [-0.39, 0.29) is 42.7 Å². The number of carbonyl (C=O) groups is 3. The van der Waals surface area contributed by atoms with E-state index in [1.807, 2.05) is 11.8 Å². The second kappa shape index (κ2) is 10.1. The van der Waals surface area contributed by atoms with E-state index in [1.165, 1.54) is 16.0 Å². The van der Waals surface area contributed by atoms with Gasteiger partial charge in [-0.1, -0.05) is 36.8 Å². The van der Waals surface area contributed by atoms with E-state index >= 15 is 0 Å². The molecule has 1 fully saturated rings. The van der Waals surface area contributed by atoms with Crippen LogP contribution in [0, 0.1) is 12.8 Å². The molecule has 4 rings (SSSR count). The van der Waals surface area contributed by atoms with E-state index in [4.69, 9.17) is 0 Å². The van der Waals surface area contributed by atoms with Crippen molar-refractivity contribution >= 4 is 29.1 Å². The van der Waals surface area contributed by atoms with E-state index in [9.17, 15) is 19.5 Å². The first-order chi connectivity index (χ1) is 15.9. The van der Waals surface area contributed by atoms with Crippen molar-refractivity contribution in [2.75, 3.05) is 13.1 Å². The Morgan fingerprint density at radius 2 is 1.73 bits per heavy atom. The molecule has 0 saturated carbocycles. The highest BCUT2D eigenvalue weighted by Crippen LogP contribution is 2.38. The van der Waals surface area contributed by atoms with Crippen molar-refractivity contribution < 1.29 is 19.5 Å². The van der Waals surface area contributed by atoms with Gasteiger partial charge in [-0.05, 0) is 55.2 Å². The molecule has 7 heteroatoms. The van der Waals surface area contributed by atoms with Crippen LogP contribution in [0.25, 0.3) is 0 Å². The first kappa shape index (κ1) is 23.5. The van der Waals surface area contributed by atoms with E-state index in [0.717, 1.165) is 18.4 Å². The molecule has 176 valence electrons. The van der Waals surface area contributed by atoms with Gasteiger partial charge in [-0.3, -0.25) is 14.4 Å². The molecule has 2 amide bonds. The fourth-order valence-electron chi connectivity index (χ4n) is 5.19. The maximum Gasteiger partial charge on any atom is 0.306 e. The van der Waals surface area contributed by atoms with Crippen LogP contribution >= 0.6 is 11.3 Å². The number of rotatable bonds is 6. The van der Waals surface area contributed by atoms with Gasteiger partial charge in [-0.15, -0.1) is 11.3 Å². The minimum Gasteiger partial charge on any atom is -0.481 e. The molecule has 3 unspecified atom stereocenters. The number of carbonyl (C=O) groups excluding carboxylic acids is 2. The Morgan fingerprint density at radius 1 is 1.03 bits per heavy atom. The molecular weight excluding hydrogens is 436 g/mol. The molecule has 1 saturated heterocycles. The summed E-state index contributed by atoms with van der Waals surface area (Å²) in [5.41, 5.74) is 3.47. The van der Waals surface area contributed by atoms with Crippen LogP contribution in [0.1, 0.15) is 66.6 Å². The SMILES string of the molecule is CCC1CC(C(=O)O)CCN1C(=O)CCC(=O)N1CCc2sccc2C1c1ccc(C)cc1. The summed E-state index contributed by atoms with van der Waals surface area (Å²) in [6, 6.07) is 10.3. The van der Waals surface area contributed by atoms with Crippen molar-refractivity contribution in [2.45, 2.75) is 64.5 Å². The molecule has 0 bridgehead atoms. The van der Waals surface area contributed by atoms with E-state index in [1.54, 1.807) is 16.2 Å². The van der Waals surface area contributed by atoms with Crippen LogP contribution in [-0.2, 0) is 20.8 Å². The Kier molecular flexibility index (Phi) is 7.17. The van der Waals surface area contributed by atoms with Gasteiger partial charge in [0.1, 0.15) is 0 Å². The van der Waals surface area contributed by atoms with Crippen molar-refractivity contribution in [1.29, 1.82) is 0 Å². The average Bonchev–Trinajstić information content (AvgIpc) is 3.30. The average molecular weight is 469 g/mol. The summed E-state index contributed by atoms with van der Waals surface area (Å²) in [7, 11) is 0. The number of hydrogen-bond donors (Lipinski definition) is 1. The third-order valence-corrected chi connectivity index (χ3v) is 8.09. The second-order valence-corrected chi connectivity index (χ2v) is 10.2.